The van der Waals surface area contributed by atoms with Crippen LogP contribution in [0.15, 0.2) is 48.0 Å². The lowest BCUT2D eigenvalue weighted by molar-refractivity contribution is 1.15. The van der Waals surface area contributed by atoms with Gasteiger partial charge in [0, 0.05) is 12.2 Å². The summed E-state index contributed by atoms with van der Waals surface area (Å²) in [5, 5.41) is 3.44. The minimum Gasteiger partial charge on any atom is -0.381 e. The van der Waals surface area contributed by atoms with Crippen molar-refractivity contribution in [2.75, 3.05) is 5.32 Å². The molecule has 0 amide bonds. The molecule has 1 heterocycles. The lowest BCUT2D eigenvalue weighted by Crippen LogP contribution is -1.98. The summed E-state index contributed by atoms with van der Waals surface area (Å²) in [5.74, 6) is 0. The van der Waals surface area contributed by atoms with Gasteiger partial charge in [-0.25, -0.2) is 4.98 Å². The summed E-state index contributed by atoms with van der Waals surface area (Å²) >= 11 is 1.67. The lowest BCUT2D eigenvalue weighted by Gasteiger charge is -2.06. The Bertz CT molecular complexity index is 656. The number of hydrogen-bond acceptors (Lipinski definition) is 3. The molecule has 0 saturated carbocycles. The minimum atomic E-state index is 0.852. The Morgan fingerprint density at radius 2 is 1.94 bits per heavy atom. The minimum absolute atomic E-state index is 0.852. The molecule has 0 aliphatic rings. The summed E-state index contributed by atoms with van der Waals surface area (Å²) in [6, 6.07) is 14.9. The average Bonchev–Trinajstić information content (AvgIpc) is 2.85. The number of rotatable bonds is 3. The summed E-state index contributed by atoms with van der Waals surface area (Å²) in [4.78, 5) is 4.28. The number of aryl methyl sites for hydroxylation is 1. The molecule has 3 heteroatoms. The standard InChI is InChI=1S/C15H14N2S/c1-11-2-4-12(5-3-11)9-16-13-6-7-14-15(8-13)18-10-17-14/h2-8,10,16H,9H2,1H3. The highest BCUT2D eigenvalue weighted by Gasteiger charge is 1.99. The zero-order valence-electron chi connectivity index (χ0n) is 10.2. The van der Waals surface area contributed by atoms with Crippen molar-refractivity contribution in [3.63, 3.8) is 0 Å². The van der Waals surface area contributed by atoms with Crippen LogP contribution in [0.2, 0.25) is 0 Å². The second-order valence-electron chi connectivity index (χ2n) is 4.37. The predicted molar refractivity (Wildman–Crippen MR) is 78.1 cm³/mol. The van der Waals surface area contributed by atoms with E-state index in [-0.39, 0.29) is 0 Å². The maximum Gasteiger partial charge on any atom is 0.0813 e. The van der Waals surface area contributed by atoms with Gasteiger partial charge in [-0.15, -0.1) is 11.3 Å². The highest BCUT2D eigenvalue weighted by molar-refractivity contribution is 7.16. The summed E-state index contributed by atoms with van der Waals surface area (Å²) in [6.07, 6.45) is 0. The van der Waals surface area contributed by atoms with E-state index in [1.54, 1.807) is 11.3 Å². The highest BCUT2D eigenvalue weighted by atomic mass is 32.1. The Kier molecular flexibility index (Phi) is 2.99. The van der Waals surface area contributed by atoms with Gasteiger partial charge in [-0.2, -0.15) is 0 Å². The van der Waals surface area contributed by atoms with Crippen LogP contribution in [-0.4, -0.2) is 4.98 Å². The van der Waals surface area contributed by atoms with Gasteiger partial charge in [-0.05, 0) is 30.7 Å². The first-order valence-electron chi connectivity index (χ1n) is 5.94. The van der Waals surface area contributed by atoms with Crippen molar-refractivity contribution >= 4 is 27.2 Å². The SMILES string of the molecule is Cc1ccc(CNc2ccc3ncsc3c2)cc1. The maximum atomic E-state index is 4.28. The largest absolute Gasteiger partial charge is 0.381 e. The third-order valence-corrected chi connectivity index (χ3v) is 3.74. The van der Waals surface area contributed by atoms with Crippen LogP contribution in [0.5, 0.6) is 0 Å². The van der Waals surface area contributed by atoms with Crippen LogP contribution in [0.3, 0.4) is 0 Å². The van der Waals surface area contributed by atoms with Crippen LogP contribution in [-0.2, 0) is 6.54 Å². The molecule has 0 aliphatic carbocycles. The second-order valence-corrected chi connectivity index (χ2v) is 5.26. The predicted octanol–water partition coefficient (Wildman–Crippen LogP) is 4.22. The van der Waals surface area contributed by atoms with Crippen LogP contribution >= 0.6 is 11.3 Å². The summed E-state index contributed by atoms with van der Waals surface area (Å²) in [6.45, 7) is 2.96. The van der Waals surface area contributed by atoms with Gasteiger partial charge in [0.15, 0.2) is 0 Å². The number of fused-ring (bicyclic) bond motifs is 1. The number of benzene rings is 2. The molecule has 1 aromatic heterocycles. The molecule has 0 spiro atoms. The van der Waals surface area contributed by atoms with E-state index in [1.165, 1.54) is 15.8 Å². The van der Waals surface area contributed by atoms with E-state index >= 15 is 0 Å². The Morgan fingerprint density at radius 1 is 1.11 bits per heavy atom. The Labute approximate surface area is 110 Å². The van der Waals surface area contributed by atoms with Crippen molar-refractivity contribution in [3.05, 3.63) is 59.1 Å². The molecular weight excluding hydrogens is 240 g/mol. The van der Waals surface area contributed by atoms with Crippen LogP contribution in [0.1, 0.15) is 11.1 Å². The molecule has 0 atom stereocenters. The first kappa shape index (κ1) is 11.2. The number of anilines is 1. The van der Waals surface area contributed by atoms with E-state index in [2.05, 4.69) is 59.7 Å². The van der Waals surface area contributed by atoms with E-state index in [4.69, 9.17) is 0 Å². The molecule has 0 bridgehead atoms. The molecule has 18 heavy (non-hydrogen) atoms. The van der Waals surface area contributed by atoms with Crippen molar-refractivity contribution in [3.8, 4) is 0 Å². The topological polar surface area (TPSA) is 24.9 Å². The van der Waals surface area contributed by atoms with Crippen molar-refractivity contribution in [1.82, 2.24) is 4.98 Å². The van der Waals surface area contributed by atoms with Crippen molar-refractivity contribution in [2.45, 2.75) is 13.5 Å². The smallest absolute Gasteiger partial charge is 0.0813 e. The van der Waals surface area contributed by atoms with Gasteiger partial charge < -0.3 is 5.32 Å². The fourth-order valence-corrected chi connectivity index (χ4v) is 2.59. The van der Waals surface area contributed by atoms with Gasteiger partial charge in [0.05, 0.1) is 15.7 Å². The zero-order chi connectivity index (χ0) is 12.4. The molecule has 0 fully saturated rings. The van der Waals surface area contributed by atoms with Gasteiger partial charge in [-0.3, -0.25) is 0 Å². The van der Waals surface area contributed by atoms with Crippen molar-refractivity contribution in [2.24, 2.45) is 0 Å². The Morgan fingerprint density at radius 3 is 2.78 bits per heavy atom. The van der Waals surface area contributed by atoms with Gasteiger partial charge >= 0.3 is 0 Å². The van der Waals surface area contributed by atoms with Crippen LogP contribution in [0.4, 0.5) is 5.69 Å². The summed E-state index contributed by atoms with van der Waals surface area (Å²) in [7, 11) is 0. The van der Waals surface area contributed by atoms with Crippen molar-refractivity contribution < 1.29 is 0 Å². The maximum absolute atomic E-state index is 4.28. The van der Waals surface area contributed by atoms with Crippen LogP contribution in [0.25, 0.3) is 10.2 Å². The van der Waals surface area contributed by atoms with E-state index in [9.17, 15) is 0 Å². The molecule has 0 radical (unpaired) electrons. The number of hydrogen-bond donors (Lipinski definition) is 1. The molecule has 0 unspecified atom stereocenters. The number of thiazole rings is 1. The normalized spacial score (nSPS) is 10.7. The van der Waals surface area contributed by atoms with E-state index in [0.717, 1.165) is 17.7 Å². The summed E-state index contributed by atoms with van der Waals surface area (Å²) in [5.41, 5.74) is 6.69. The van der Waals surface area contributed by atoms with Gasteiger partial charge in [0.2, 0.25) is 0 Å². The molecular formula is C15H14N2S. The third kappa shape index (κ3) is 2.36. The molecule has 90 valence electrons. The Balaban J connectivity index is 1.74. The third-order valence-electron chi connectivity index (χ3n) is 2.95. The molecule has 3 rings (SSSR count). The number of aromatic nitrogens is 1. The monoisotopic (exact) mass is 254 g/mol. The molecule has 1 N–H and O–H groups in total. The number of nitrogens with zero attached hydrogens (tertiary/aromatic N) is 1. The molecule has 0 saturated heterocycles. The molecule has 0 aliphatic heterocycles. The quantitative estimate of drug-likeness (QED) is 0.757. The van der Waals surface area contributed by atoms with Gasteiger partial charge in [-0.1, -0.05) is 29.8 Å². The van der Waals surface area contributed by atoms with Crippen LogP contribution in [0, 0.1) is 6.92 Å². The van der Waals surface area contributed by atoms with Gasteiger partial charge in [0.1, 0.15) is 0 Å². The molecule has 2 aromatic carbocycles. The Hall–Kier alpha value is -1.87. The van der Waals surface area contributed by atoms with E-state index in [1.807, 2.05) is 5.51 Å². The fraction of sp³-hybridized carbons (Fsp3) is 0.133. The first-order valence-corrected chi connectivity index (χ1v) is 6.82. The number of nitrogens with one attached hydrogen (secondary N) is 1. The zero-order valence-corrected chi connectivity index (χ0v) is 11.0. The van der Waals surface area contributed by atoms with Crippen molar-refractivity contribution in [1.29, 1.82) is 0 Å². The second kappa shape index (κ2) is 4.78. The highest BCUT2D eigenvalue weighted by Crippen LogP contribution is 2.22. The summed E-state index contributed by atoms with van der Waals surface area (Å²) < 4.78 is 1.23. The van der Waals surface area contributed by atoms with E-state index < -0.39 is 0 Å². The average molecular weight is 254 g/mol. The molecule has 3 aromatic rings. The first-order chi connectivity index (χ1) is 8.81. The lowest BCUT2D eigenvalue weighted by atomic mass is 10.1. The fourth-order valence-electron chi connectivity index (χ4n) is 1.88. The van der Waals surface area contributed by atoms with Crippen LogP contribution < -0.4 is 5.32 Å². The van der Waals surface area contributed by atoms with Gasteiger partial charge in [0.25, 0.3) is 0 Å². The van der Waals surface area contributed by atoms with E-state index in [0.29, 0.717) is 0 Å². The molecule has 2 nitrogen and oxygen atoms in total.